The molecular formula is C26H28ClF4N5O3. The highest BCUT2D eigenvalue weighted by Crippen LogP contribution is 2.39. The zero-order valence-corrected chi connectivity index (χ0v) is 22.1. The molecule has 1 N–H and O–H groups in total. The minimum atomic E-state index is -4.81. The Kier molecular flexibility index (Phi) is 8.66. The van der Waals surface area contributed by atoms with Crippen LogP contribution in [0.25, 0.3) is 0 Å². The van der Waals surface area contributed by atoms with E-state index in [0.29, 0.717) is 18.8 Å². The first-order chi connectivity index (χ1) is 18.5. The number of rotatable bonds is 6. The Morgan fingerprint density at radius 1 is 1.36 bits per heavy atom. The highest BCUT2D eigenvalue weighted by molar-refractivity contribution is 6.31. The van der Waals surface area contributed by atoms with Gasteiger partial charge in [-0.3, -0.25) is 9.69 Å². The fourth-order valence-electron chi connectivity index (χ4n) is 5.33. The number of nitrogens with zero attached hydrogens (tertiary/aromatic N) is 5. The van der Waals surface area contributed by atoms with Crippen molar-refractivity contribution in [1.82, 2.24) is 9.88 Å². The van der Waals surface area contributed by atoms with Crippen molar-refractivity contribution >= 4 is 29.0 Å². The van der Waals surface area contributed by atoms with Crippen molar-refractivity contribution in [2.75, 3.05) is 49.3 Å². The van der Waals surface area contributed by atoms with E-state index >= 15 is 0 Å². The highest BCUT2D eigenvalue weighted by Gasteiger charge is 2.46. The maximum Gasteiger partial charge on any atom is 0.417 e. The lowest BCUT2D eigenvalue weighted by atomic mass is 10.1. The summed E-state index contributed by atoms with van der Waals surface area (Å²) in [6.07, 6.45) is -4.61. The van der Waals surface area contributed by atoms with Crippen molar-refractivity contribution in [3.63, 3.8) is 0 Å². The van der Waals surface area contributed by atoms with E-state index in [1.165, 1.54) is 28.9 Å². The Balaban J connectivity index is 1.81. The molecule has 210 valence electrons. The molecule has 2 fully saturated rings. The lowest BCUT2D eigenvalue weighted by Gasteiger charge is -2.38. The number of aliphatic hydroxyl groups excluding tert-OH is 1. The Morgan fingerprint density at radius 2 is 2.10 bits per heavy atom. The van der Waals surface area contributed by atoms with Gasteiger partial charge >= 0.3 is 6.18 Å². The van der Waals surface area contributed by atoms with Gasteiger partial charge in [0.05, 0.1) is 36.4 Å². The standard InChI is InChI=1S/C26H28ClF4N5O3/c1-3-34(16-4-5-22(28)21(27)9-16)25(38)23-10-17(35-6-7-39-14-18(35)13-37)12-36(23)24-19(11-32)20(26(29,30)31)8-15(2)33-24/h4-5,8-9,17-18,23,37H,3,6-7,10,12-14H2,1-2H3/t17?,18-,23?/m0/s1. The van der Waals surface area contributed by atoms with Gasteiger partial charge in [0.25, 0.3) is 0 Å². The van der Waals surface area contributed by atoms with Gasteiger partial charge in [0.15, 0.2) is 0 Å². The molecule has 1 amide bonds. The number of benzene rings is 1. The molecule has 3 atom stereocenters. The van der Waals surface area contributed by atoms with Crippen LogP contribution in [0.15, 0.2) is 24.3 Å². The van der Waals surface area contributed by atoms with Crippen molar-refractivity contribution in [2.24, 2.45) is 0 Å². The number of morpholine rings is 1. The fourth-order valence-corrected chi connectivity index (χ4v) is 5.50. The molecule has 8 nitrogen and oxygen atoms in total. The van der Waals surface area contributed by atoms with Crippen LogP contribution in [-0.4, -0.2) is 78.5 Å². The van der Waals surface area contributed by atoms with Crippen LogP contribution in [0, 0.1) is 24.1 Å². The highest BCUT2D eigenvalue weighted by atomic mass is 35.5. The predicted molar refractivity (Wildman–Crippen MR) is 136 cm³/mol. The molecule has 39 heavy (non-hydrogen) atoms. The third-order valence-electron chi connectivity index (χ3n) is 7.13. The molecule has 3 heterocycles. The summed E-state index contributed by atoms with van der Waals surface area (Å²) >= 11 is 5.96. The average Bonchev–Trinajstić information content (AvgIpc) is 3.35. The number of nitriles is 1. The third kappa shape index (κ3) is 5.82. The number of carbonyl (C=O) groups excluding carboxylic acids is 1. The lowest BCUT2D eigenvalue weighted by Crippen LogP contribution is -2.53. The molecule has 0 aliphatic carbocycles. The maximum absolute atomic E-state index is 14.0. The summed E-state index contributed by atoms with van der Waals surface area (Å²) in [6, 6.07) is 4.61. The number of anilines is 2. The largest absolute Gasteiger partial charge is 0.417 e. The van der Waals surface area contributed by atoms with Gasteiger partial charge in [0.2, 0.25) is 5.91 Å². The number of amides is 1. The van der Waals surface area contributed by atoms with Gasteiger partial charge in [0, 0.05) is 37.1 Å². The summed E-state index contributed by atoms with van der Waals surface area (Å²) in [5, 5.41) is 19.5. The van der Waals surface area contributed by atoms with Gasteiger partial charge in [0.1, 0.15) is 29.3 Å². The van der Waals surface area contributed by atoms with Gasteiger partial charge in [-0.15, -0.1) is 0 Å². The summed E-state index contributed by atoms with van der Waals surface area (Å²) in [5.41, 5.74) is -1.42. The Morgan fingerprint density at radius 3 is 2.72 bits per heavy atom. The molecule has 2 saturated heterocycles. The lowest BCUT2D eigenvalue weighted by molar-refractivity contribution is -0.137. The SMILES string of the molecule is CCN(C(=O)C1CC(N2CCOC[C@@H]2CO)CN1c1nc(C)cc(C(F)(F)F)c1C#N)c1ccc(F)c(Cl)c1. The minimum absolute atomic E-state index is 0.0447. The van der Waals surface area contributed by atoms with E-state index in [-0.39, 0.29) is 61.3 Å². The van der Waals surface area contributed by atoms with Crippen LogP contribution in [0.3, 0.4) is 0 Å². The Labute approximate surface area is 228 Å². The van der Waals surface area contributed by atoms with E-state index in [1.807, 2.05) is 4.90 Å². The van der Waals surface area contributed by atoms with Crippen LogP contribution in [0.4, 0.5) is 29.1 Å². The van der Waals surface area contributed by atoms with E-state index < -0.39 is 35.1 Å². The number of hydrogen-bond donors (Lipinski definition) is 1. The van der Waals surface area contributed by atoms with E-state index in [1.54, 1.807) is 13.0 Å². The topological polar surface area (TPSA) is 92.9 Å². The quantitative estimate of drug-likeness (QED) is 0.530. The molecule has 0 spiro atoms. The monoisotopic (exact) mass is 569 g/mol. The van der Waals surface area contributed by atoms with Gasteiger partial charge in [-0.2, -0.15) is 18.4 Å². The molecule has 4 rings (SSSR count). The number of aliphatic hydroxyl groups is 1. The van der Waals surface area contributed by atoms with Crippen molar-refractivity contribution in [1.29, 1.82) is 5.26 Å². The molecule has 2 aromatic rings. The number of halogens is 5. The molecule has 2 aliphatic rings. The molecular weight excluding hydrogens is 542 g/mol. The van der Waals surface area contributed by atoms with Gasteiger partial charge in [-0.1, -0.05) is 11.6 Å². The average molecular weight is 570 g/mol. The van der Waals surface area contributed by atoms with Crippen LogP contribution in [-0.2, 0) is 15.7 Å². The molecule has 1 aromatic carbocycles. The smallest absolute Gasteiger partial charge is 0.395 e. The molecule has 1 aromatic heterocycles. The second kappa shape index (κ2) is 11.6. The van der Waals surface area contributed by atoms with E-state index in [2.05, 4.69) is 4.98 Å². The molecule has 2 aliphatic heterocycles. The maximum atomic E-state index is 14.0. The summed E-state index contributed by atoms with van der Waals surface area (Å²) in [5.74, 6) is -1.35. The molecule has 0 bridgehead atoms. The number of aryl methyl sites for hydroxylation is 1. The van der Waals surface area contributed by atoms with E-state index in [0.717, 1.165) is 12.1 Å². The summed E-state index contributed by atoms with van der Waals surface area (Å²) < 4.78 is 61.0. The van der Waals surface area contributed by atoms with E-state index in [9.17, 15) is 32.7 Å². The summed E-state index contributed by atoms with van der Waals surface area (Å²) in [4.78, 5) is 23.1. The number of likely N-dealkylation sites (N-methyl/N-ethyl adjacent to an activating group) is 1. The zero-order chi connectivity index (χ0) is 28.5. The fraction of sp³-hybridized carbons (Fsp3) is 0.500. The van der Waals surface area contributed by atoms with Crippen molar-refractivity contribution in [3.05, 3.63) is 51.9 Å². The molecule has 2 unspecified atom stereocenters. The normalized spacial score (nSPS) is 22.1. The van der Waals surface area contributed by atoms with Crippen LogP contribution in [0.1, 0.15) is 30.2 Å². The summed E-state index contributed by atoms with van der Waals surface area (Å²) in [7, 11) is 0. The predicted octanol–water partition coefficient (Wildman–Crippen LogP) is 3.77. The minimum Gasteiger partial charge on any atom is -0.395 e. The van der Waals surface area contributed by atoms with Crippen LogP contribution >= 0.6 is 11.6 Å². The number of hydrogen-bond acceptors (Lipinski definition) is 7. The van der Waals surface area contributed by atoms with Gasteiger partial charge in [-0.05, 0) is 44.5 Å². The van der Waals surface area contributed by atoms with Crippen molar-refractivity contribution in [3.8, 4) is 6.07 Å². The zero-order valence-electron chi connectivity index (χ0n) is 21.4. The molecule has 0 saturated carbocycles. The number of aromatic nitrogens is 1. The Bertz CT molecular complexity index is 1270. The first kappa shape index (κ1) is 29.0. The molecule has 13 heteroatoms. The first-order valence-electron chi connectivity index (χ1n) is 12.5. The van der Waals surface area contributed by atoms with Crippen molar-refractivity contribution in [2.45, 2.75) is 44.6 Å². The van der Waals surface area contributed by atoms with Crippen LogP contribution < -0.4 is 9.80 Å². The number of pyridine rings is 1. The number of alkyl halides is 3. The number of ether oxygens (including phenoxy) is 1. The Hall–Kier alpha value is -2.98. The van der Waals surface area contributed by atoms with Gasteiger partial charge in [-0.25, -0.2) is 9.37 Å². The van der Waals surface area contributed by atoms with Gasteiger partial charge < -0.3 is 19.6 Å². The molecule has 0 radical (unpaired) electrons. The van der Waals surface area contributed by atoms with Crippen LogP contribution in [0.2, 0.25) is 5.02 Å². The second-order valence-corrected chi connectivity index (χ2v) is 9.91. The van der Waals surface area contributed by atoms with Crippen LogP contribution in [0.5, 0.6) is 0 Å². The first-order valence-corrected chi connectivity index (χ1v) is 12.8. The van der Waals surface area contributed by atoms with Crippen molar-refractivity contribution < 1.29 is 32.2 Å². The third-order valence-corrected chi connectivity index (χ3v) is 7.42. The number of carbonyl (C=O) groups is 1. The second-order valence-electron chi connectivity index (χ2n) is 9.51. The summed E-state index contributed by atoms with van der Waals surface area (Å²) in [6.45, 7) is 4.29. The van der Waals surface area contributed by atoms with E-state index in [4.69, 9.17) is 16.3 Å².